The number of carbonyl (C=O) groups excluding carboxylic acids is 1. The summed E-state index contributed by atoms with van der Waals surface area (Å²) in [7, 11) is 1.67. The van der Waals surface area contributed by atoms with Crippen LogP contribution in [0.15, 0.2) is 28.7 Å². The molecule has 0 saturated carbocycles. The van der Waals surface area contributed by atoms with Crippen molar-refractivity contribution in [3.05, 3.63) is 46.9 Å². The van der Waals surface area contributed by atoms with Crippen LogP contribution in [-0.2, 0) is 17.8 Å². The molecule has 0 aliphatic carbocycles. The van der Waals surface area contributed by atoms with Gasteiger partial charge in [0.05, 0.1) is 19.1 Å². The molecule has 144 valence electrons. The van der Waals surface area contributed by atoms with Crippen LogP contribution in [0, 0.1) is 12.8 Å². The summed E-state index contributed by atoms with van der Waals surface area (Å²) in [4.78, 5) is 25.5. The number of carbonyl (C=O) groups is 2. The standard InChI is InChI=1S/C20H23NO6/c1-4-25-17-7-5-6-13-8-14(11-26-18(13)17)19(22)21(3)10-15-9-16(20(23)24)12(2)27-15/h5-7,9,14H,4,8,10-11H2,1-3H3,(H,23,24)/t14-/m1/s1. The molecule has 0 unspecified atom stereocenters. The molecule has 1 atom stereocenters. The van der Waals surface area contributed by atoms with Crippen LogP contribution in [0.3, 0.4) is 0 Å². The number of ether oxygens (including phenoxy) is 2. The largest absolute Gasteiger partial charge is 0.490 e. The van der Waals surface area contributed by atoms with E-state index in [1.165, 1.54) is 11.0 Å². The Morgan fingerprint density at radius 2 is 2.15 bits per heavy atom. The molecule has 1 aliphatic rings. The van der Waals surface area contributed by atoms with Crippen LogP contribution in [0.4, 0.5) is 0 Å². The van der Waals surface area contributed by atoms with Crippen molar-refractivity contribution in [3.63, 3.8) is 0 Å². The number of hydrogen-bond acceptors (Lipinski definition) is 5. The number of para-hydroxylation sites is 1. The quantitative estimate of drug-likeness (QED) is 0.837. The molecule has 0 saturated heterocycles. The summed E-state index contributed by atoms with van der Waals surface area (Å²) in [6.07, 6.45) is 0.566. The van der Waals surface area contributed by atoms with Crippen LogP contribution in [0.2, 0.25) is 0 Å². The molecular weight excluding hydrogens is 350 g/mol. The van der Waals surface area contributed by atoms with E-state index in [0.29, 0.717) is 36.0 Å². The maximum Gasteiger partial charge on any atom is 0.339 e. The molecule has 0 fully saturated rings. The third-order valence-electron chi connectivity index (χ3n) is 4.57. The fourth-order valence-corrected chi connectivity index (χ4v) is 3.28. The molecule has 1 aliphatic heterocycles. The average Bonchev–Trinajstić information content (AvgIpc) is 3.01. The third kappa shape index (κ3) is 3.92. The molecule has 0 radical (unpaired) electrons. The second kappa shape index (κ2) is 7.73. The highest BCUT2D eigenvalue weighted by atomic mass is 16.5. The molecule has 0 bridgehead atoms. The average molecular weight is 373 g/mol. The molecule has 2 aromatic rings. The summed E-state index contributed by atoms with van der Waals surface area (Å²) in [5.41, 5.74) is 1.06. The minimum Gasteiger partial charge on any atom is -0.490 e. The van der Waals surface area contributed by atoms with Gasteiger partial charge in [0.2, 0.25) is 5.91 Å². The number of nitrogens with zero attached hydrogens (tertiary/aromatic N) is 1. The Morgan fingerprint density at radius 1 is 1.37 bits per heavy atom. The zero-order valence-corrected chi connectivity index (χ0v) is 15.7. The number of rotatable bonds is 6. The zero-order valence-electron chi connectivity index (χ0n) is 15.7. The lowest BCUT2D eigenvalue weighted by molar-refractivity contribution is -0.136. The maximum atomic E-state index is 12.8. The smallest absolute Gasteiger partial charge is 0.339 e. The number of amides is 1. The molecule has 7 heteroatoms. The maximum absolute atomic E-state index is 12.8. The van der Waals surface area contributed by atoms with Crippen molar-refractivity contribution in [1.29, 1.82) is 0 Å². The predicted molar refractivity (Wildman–Crippen MR) is 97.2 cm³/mol. The monoisotopic (exact) mass is 373 g/mol. The van der Waals surface area contributed by atoms with Gasteiger partial charge in [-0.3, -0.25) is 4.79 Å². The molecule has 0 spiro atoms. The molecular formula is C20H23NO6. The number of aryl methyl sites for hydroxylation is 1. The van der Waals surface area contributed by atoms with Crippen molar-refractivity contribution in [2.75, 3.05) is 20.3 Å². The number of fused-ring (bicyclic) bond motifs is 1. The topological polar surface area (TPSA) is 89.2 Å². The molecule has 27 heavy (non-hydrogen) atoms. The molecule has 3 rings (SSSR count). The molecule has 1 N–H and O–H groups in total. The van der Waals surface area contributed by atoms with Crippen LogP contribution in [0.5, 0.6) is 11.5 Å². The fourth-order valence-electron chi connectivity index (χ4n) is 3.28. The van der Waals surface area contributed by atoms with Crippen molar-refractivity contribution in [3.8, 4) is 11.5 Å². The minimum absolute atomic E-state index is 0.0756. The number of hydrogen-bond donors (Lipinski definition) is 1. The summed E-state index contributed by atoms with van der Waals surface area (Å²) in [5.74, 6) is 0.746. The van der Waals surface area contributed by atoms with E-state index in [1.807, 2.05) is 25.1 Å². The van der Waals surface area contributed by atoms with Crippen molar-refractivity contribution < 1.29 is 28.6 Å². The molecule has 2 heterocycles. The van der Waals surface area contributed by atoms with E-state index < -0.39 is 5.97 Å². The summed E-state index contributed by atoms with van der Waals surface area (Å²) in [5, 5.41) is 9.11. The van der Waals surface area contributed by atoms with Gasteiger partial charge in [-0.15, -0.1) is 0 Å². The lowest BCUT2D eigenvalue weighted by Crippen LogP contribution is -2.38. The van der Waals surface area contributed by atoms with E-state index in [9.17, 15) is 9.59 Å². The number of carboxylic acid groups (broad SMARTS) is 1. The lowest BCUT2D eigenvalue weighted by Gasteiger charge is -2.28. The highest BCUT2D eigenvalue weighted by Crippen LogP contribution is 2.36. The zero-order chi connectivity index (χ0) is 19.6. The number of carboxylic acids is 1. The fraction of sp³-hybridized carbons (Fsp3) is 0.400. The Bertz CT molecular complexity index is 856. The van der Waals surface area contributed by atoms with Crippen LogP contribution in [0.25, 0.3) is 0 Å². The first-order chi connectivity index (χ1) is 12.9. The van der Waals surface area contributed by atoms with Gasteiger partial charge in [0.1, 0.15) is 23.7 Å². The van der Waals surface area contributed by atoms with Crippen molar-refractivity contribution >= 4 is 11.9 Å². The van der Waals surface area contributed by atoms with Crippen molar-refractivity contribution in [2.24, 2.45) is 5.92 Å². The van der Waals surface area contributed by atoms with Crippen LogP contribution >= 0.6 is 0 Å². The van der Waals surface area contributed by atoms with Crippen LogP contribution < -0.4 is 9.47 Å². The van der Waals surface area contributed by atoms with Gasteiger partial charge < -0.3 is 23.9 Å². The first-order valence-electron chi connectivity index (χ1n) is 8.85. The number of furan rings is 1. The Labute approximate surface area is 157 Å². The van der Waals surface area contributed by atoms with Gasteiger partial charge in [-0.25, -0.2) is 4.79 Å². The van der Waals surface area contributed by atoms with Crippen LogP contribution in [-0.4, -0.2) is 42.1 Å². The van der Waals surface area contributed by atoms with Crippen molar-refractivity contribution in [1.82, 2.24) is 4.90 Å². The Balaban J connectivity index is 1.68. The second-order valence-electron chi connectivity index (χ2n) is 6.57. The van der Waals surface area contributed by atoms with E-state index >= 15 is 0 Å². The summed E-state index contributed by atoms with van der Waals surface area (Å²) >= 11 is 0. The molecule has 7 nitrogen and oxygen atoms in total. The van der Waals surface area contributed by atoms with E-state index in [0.717, 1.165) is 5.56 Å². The summed E-state index contributed by atoms with van der Waals surface area (Å²) < 4.78 is 16.9. The van der Waals surface area contributed by atoms with Gasteiger partial charge in [0.15, 0.2) is 11.5 Å². The van der Waals surface area contributed by atoms with Gasteiger partial charge in [-0.05, 0) is 38.0 Å². The normalized spacial score (nSPS) is 15.6. The second-order valence-corrected chi connectivity index (χ2v) is 6.57. The van der Waals surface area contributed by atoms with E-state index in [-0.39, 0.29) is 30.5 Å². The molecule has 1 aromatic heterocycles. The highest BCUT2D eigenvalue weighted by molar-refractivity contribution is 5.88. The SMILES string of the molecule is CCOc1cccc2c1OC[C@H](C(=O)N(C)Cc1cc(C(=O)O)c(C)o1)C2. The third-order valence-corrected chi connectivity index (χ3v) is 4.57. The van der Waals surface area contributed by atoms with E-state index in [1.54, 1.807) is 14.0 Å². The van der Waals surface area contributed by atoms with Gasteiger partial charge in [-0.1, -0.05) is 12.1 Å². The minimum atomic E-state index is -1.04. The summed E-state index contributed by atoms with van der Waals surface area (Å²) in [6, 6.07) is 7.15. The summed E-state index contributed by atoms with van der Waals surface area (Å²) in [6.45, 7) is 4.53. The molecule has 1 aromatic carbocycles. The first-order valence-corrected chi connectivity index (χ1v) is 8.85. The number of benzene rings is 1. The van der Waals surface area contributed by atoms with Crippen LogP contribution in [0.1, 0.15) is 34.4 Å². The highest BCUT2D eigenvalue weighted by Gasteiger charge is 2.30. The number of aromatic carboxylic acids is 1. The Kier molecular flexibility index (Phi) is 5.39. The van der Waals surface area contributed by atoms with Gasteiger partial charge in [0, 0.05) is 7.05 Å². The van der Waals surface area contributed by atoms with Gasteiger partial charge >= 0.3 is 5.97 Å². The van der Waals surface area contributed by atoms with E-state index in [2.05, 4.69) is 0 Å². The van der Waals surface area contributed by atoms with Crippen molar-refractivity contribution in [2.45, 2.75) is 26.8 Å². The Hall–Kier alpha value is -2.96. The molecule has 1 amide bonds. The van der Waals surface area contributed by atoms with Gasteiger partial charge in [0.25, 0.3) is 0 Å². The van der Waals surface area contributed by atoms with E-state index in [4.69, 9.17) is 19.0 Å². The first kappa shape index (κ1) is 18.8. The predicted octanol–water partition coefficient (Wildman–Crippen LogP) is 2.89. The Morgan fingerprint density at radius 3 is 2.81 bits per heavy atom. The van der Waals surface area contributed by atoms with Gasteiger partial charge in [-0.2, -0.15) is 0 Å². The lowest BCUT2D eigenvalue weighted by atomic mass is 9.95.